The lowest BCUT2D eigenvalue weighted by Gasteiger charge is -2.10. The van der Waals surface area contributed by atoms with Crippen molar-refractivity contribution >= 4 is 34.1 Å². The van der Waals surface area contributed by atoms with Gasteiger partial charge in [0, 0.05) is 16.1 Å². The molecule has 1 aromatic heterocycles. The quantitative estimate of drug-likeness (QED) is 0.699. The molecule has 0 aliphatic carbocycles. The number of hydrogen-bond acceptors (Lipinski definition) is 3. The van der Waals surface area contributed by atoms with Crippen molar-refractivity contribution in [3.05, 3.63) is 64.8 Å². The summed E-state index contributed by atoms with van der Waals surface area (Å²) in [7, 11) is 0. The molecule has 0 saturated carbocycles. The summed E-state index contributed by atoms with van der Waals surface area (Å²) in [5.41, 5.74) is 2.28. The van der Waals surface area contributed by atoms with E-state index >= 15 is 0 Å². The molecule has 0 fully saturated rings. The van der Waals surface area contributed by atoms with Gasteiger partial charge in [-0.05, 0) is 37.3 Å². The van der Waals surface area contributed by atoms with Gasteiger partial charge in [-0.3, -0.25) is 9.78 Å². The van der Waals surface area contributed by atoms with Gasteiger partial charge in [-0.25, -0.2) is 0 Å². The molecule has 4 nitrogen and oxygen atoms in total. The van der Waals surface area contributed by atoms with E-state index < -0.39 is 0 Å². The number of carbonyl (C=O) groups is 1. The van der Waals surface area contributed by atoms with Crippen LogP contribution in [0.2, 0.25) is 5.02 Å². The van der Waals surface area contributed by atoms with Crippen LogP contribution in [-0.4, -0.2) is 16.0 Å². The molecule has 1 heterocycles. The second kappa shape index (κ2) is 5.66. The molecule has 5 heteroatoms. The highest BCUT2D eigenvalue weighted by atomic mass is 35.5. The van der Waals surface area contributed by atoms with Gasteiger partial charge >= 0.3 is 0 Å². The second-order valence-electron chi connectivity index (χ2n) is 4.94. The molecule has 0 spiro atoms. The predicted octanol–water partition coefficient (Wildman–Crippen LogP) is 4.15. The smallest absolute Gasteiger partial charge is 0.256 e. The number of hydrogen-bond donors (Lipinski definition) is 2. The van der Waals surface area contributed by atoms with Gasteiger partial charge in [0.2, 0.25) is 0 Å². The van der Waals surface area contributed by atoms with E-state index in [2.05, 4.69) is 10.3 Å². The van der Waals surface area contributed by atoms with Crippen molar-refractivity contribution in [2.45, 2.75) is 6.92 Å². The Balaban J connectivity index is 2.04. The first-order valence-electron chi connectivity index (χ1n) is 6.71. The van der Waals surface area contributed by atoms with Gasteiger partial charge in [0.25, 0.3) is 5.91 Å². The highest BCUT2D eigenvalue weighted by Gasteiger charge is 2.14. The lowest BCUT2D eigenvalue weighted by molar-refractivity contribution is 0.102. The number of nitrogens with one attached hydrogen (secondary N) is 1. The number of benzene rings is 2. The van der Waals surface area contributed by atoms with Crippen molar-refractivity contribution in [2.24, 2.45) is 0 Å². The average Bonchev–Trinajstić information content (AvgIpc) is 2.50. The number of nitrogens with zero attached hydrogens (tertiary/aromatic N) is 1. The predicted molar refractivity (Wildman–Crippen MR) is 87.6 cm³/mol. The lowest BCUT2D eigenvalue weighted by Crippen LogP contribution is -2.13. The number of pyridine rings is 1. The standard InChI is InChI=1S/C17H13ClN2O2/c1-10-8-13(12-4-2-3-5-14(12)19-10)17(22)20-15-9-11(18)6-7-16(15)21/h2-9,21H,1H3,(H,20,22). The zero-order valence-electron chi connectivity index (χ0n) is 11.8. The van der Waals surface area contributed by atoms with Crippen LogP contribution in [0.15, 0.2) is 48.5 Å². The molecule has 3 rings (SSSR count). The van der Waals surface area contributed by atoms with Crippen LogP contribution in [0.25, 0.3) is 10.9 Å². The first-order chi connectivity index (χ1) is 10.5. The van der Waals surface area contributed by atoms with E-state index in [1.165, 1.54) is 12.1 Å². The van der Waals surface area contributed by atoms with Crippen LogP contribution in [0.3, 0.4) is 0 Å². The van der Waals surface area contributed by atoms with Crippen molar-refractivity contribution in [3.63, 3.8) is 0 Å². The first kappa shape index (κ1) is 14.4. The van der Waals surface area contributed by atoms with Crippen LogP contribution >= 0.6 is 11.6 Å². The fraction of sp³-hybridized carbons (Fsp3) is 0.0588. The van der Waals surface area contributed by atoms with Gasteiger partial charge in [0.15, 0.2) is 0 Å². The third-order valence-corrected chi connectivity index (χ3v) is 3.53. The maximum Gasteiger partial charge on any atom is 0.256 e. The number of rotatable bonds is 2. The monoisotopic (exact) mass is 312 g/mol. The van der Waals surface area contributed by atoms with Gasteiger partial charge in [0.1, 0.15) is 5.75 Å². The van der Waals surface area contributed by atoms with E-state index in [1.807, 2.05) is 31.2 Å². The van der Waals surface area contributed by atoms with Crippen molar-refractivity contribution in [1.29, 1.82) is 0 Å². The van der Waals surface area contributed by atoms with E-state index in [0.717, 1.165) is 16.6 Å². The second-order valence-corrected chi connectivity index (χ2v) is 5.38. The number of amides is 1. The van der Waals surface area contributed by atoms with Crippen molar-refractivity contribution in [2.75, 3.05) is 5.32 Å². The van der Waals surface area contributed by atoms with E-state index in [1.54, 1.807) is 12.1 Å². The molecule has 0 aliphatic heterocycles. The summed E-state index contributed by atoms with van der Waals surface area (Å²) < 4.78 is 0. The highest BCUT2D eigenvalue weighted by Crippen LogP contribution is 2.28. The molecule has 22 heavy (non-hydrogen) atoms. The molecule has 2 N–H and O–H groups in total. The summed E-state index contributed by atoms with van der Waals surface area (Å²) in [4.78, 5) is 17.0. The molecule has 0 aliphatic rings. The Morgan fingerprint density at radius 2 is 1.95 bits per heavy atom. The van der Waals surface area contributed by atoms with E-state index in [4.69, 9.17) is 11.6 Å². The van der Waals surface area contributed by atoms with Crippen molar-refractivity contribution < 1.29 is 9.90 Å². The fourth-order valence-corrected chi connectivity index (χ4v) is 2.47. The summed E-state index contributed by atoms with van der Waals surface area (Å²) in [6.45, 7) is 1.83. The van der Waals surface area contributed by atoms with E-state index in [0.29, 0.717) is 10.6 Å². The number of carbonyl (C=O) groups excluding carboxylic acids is 1. The minimum atomic E-state index is -0.320. The number of aromatic hydroxyl groups is 1. The Hall–Kier alpha value is -2.59. The Morgan fingerprint density at radius 3 is 2.77 bits per heavy atom. The van der Waals surface area contributed by atoms with Gasteiger partial charge < -0.3 is 10.4 Å². The zero-order chi connectivity index (χ0) is 15.7. The normalized spacial score (nSPS) is 10.6. The van der Waals surface area contributed by atoms with Gasteiger partial charge in [0.05, 0.1) is 16.8 Å². The number of anilines is 1. The third kappa shape index (κ3) is 2.73. The molecule has 2 aromatic carbocycles. The number of phenols is 1. The molecule has 0 unspecified atom stereocenters. The fourth-order valence-electron chi connectivity index (χ4n) is 2.29. The van der Waals surface area contributed by atoms with E-state index in [-0.39, 0.29) is 17.3 Å². The first-order valence-corrected chi connectivity index (χ1v) is 7.08. The van der Waals surface area contributed by atoms with Crippen LogP contribution in [-0.2, 0) is 0 Å². The number of fused-ring (bicyclic) bond motifs is 1. The Morgan fingerprint density at radius 1 is 1.18 bits per heavy atom. The van der Waals surface area contributed by atoms with Crippen LogP contribution in [0.4, 0.5) is 5.69 Å². The van der Waals surface area contributed by atoms with Crippen LogP contribution in [0.5, 0.6) is 5.75 Å². The Kier molecular flexibility index (Phi) is 3.69. The maximum absolute atomic E-state index is 12.6. The number of phenolic OH excluding ortho intramolecular Hbond substituents is 1. The molecule has 3 aromatic rings. The number of aryl methyl sites for hydroxylation is 1. The number of aromatic nitrogens is 1. The summed E-state index contributed by atoms with van der Waals surface area (Å²) >= 11 is 5.89. The molecule has 1 amide bonds. The lowest BCUT2D eigenvalue weighted by atomic mass is 10.1. The summed E-state index contributed by atoms with van der Waals surface area (Å²) in [6, 6.07) is 13.6. The zero-order valence-corrected chi connectivity index (χ0v) is 12.6. The van der Waals surface area contributed by atoms with E-state index in [9.17, 15) is 9.90 Å². The summed E-state index contributed by atoms with van der Waals surface area (Å²) in [5.74, 6) is -0.355. The number of halogens is 1. The molecule has 0 atom stereocenters. The molecule has 110 valence electrons. The third-order valence-electron chi connectivity index (χ3n) is 3.30. The Labute approximate surface area is 132 Å². The van der Waals surface area contributed by atoms with Crippen LogP contribution in [0, 0.1) is 6.92 Å². The molecular formula is C17H13ClN2O2. The van der Waals surface area contributed by atoms with Gasteiger partial charge in [-0.2, -0.15) is 0 Å². The highest BCUT2D eigenvalue weighted by molar-refractivity contribution is 6.31. The molecule has 0 saturated heterocycles. The minimum absolute atomic E-state index is 0.0344. The average molecular weight is 313 g/mol. The minimum Gasteiger partial charge on any atom is -0.506 e. The largest absolute Gasteiger partial charge is 0.506 e. The molecule has 0 radical (unpaired) electrons. The van der Waals surface area contributed by atoms with Crippen molar-refractivity contribution in [1.82, 2.24) is 4.98 Å². The molecule has 0 bridgehead atoms. The number of para-hydroxylation sites is 1. The van der Waals surface area contributed by atoms with Crippen LogP contribution < -0.4 is 5.32 Å². The Bertz CT molecular complexity index is 878. The van der Waals surface area contributed by atoms with Crippen LogP contribution in [0.1, 0.15) is 16.1 Å². The summed E-state index contributed by atoms with van der Waals surface area (Å²) in [6.07, 6.45) is 0. The topological polar surface area (TPSA) is 62.2 Å². The van der Waals surface area contributed by atoms with Gasteiger partial charge in [-0.1, -0.05) is 29.8 Å². The maximum atomic E-state index is 12.6. The summed E-state index contributed by atoms with van der Waals surface area (Å²) in [5, 5.41) is 13.7. The van der Waals surface area contributed by atoms with Crippen molar-refractivity contribution in [3.8, 4) is 5.75 Å². The van der Waals surface area contributed by atoms with Gasteiger partial charge in [-0.15, -0.1) is 0 Å². The molecular weight excluding hydrogens is 300 g/mol. The SMILES string of the molecule is Cc1cc(C(=O)Nc2cc(Cl)ccc2O)c2ccccc2n1.